The molecule has 1 aliphatic heterocycles. The summed E-state index contributed by atoms with van der Waals surface area (Å²) < 4.78 is 5.84. The first-order chi connectivity index (χ1) is 33.2. The lowest BCUT2D eigenvalue weighted by Crippen LogP contribution is -2.58. The average molecular weight is 944 g/mol. The number of nitrogens with zero attached hydrogens (tertiary/aromatic N) is 1. The van der Waals surface area contributed by atoms with E-state index in [1.54, 1.807) is 73.7 Å². The number of Topliss-reactive ketones (excluding diaryl/α,β-unsaturated/α-hetero) is 1. The number of nitrogens with two attached hydrogens (primary N) is 1. The topological polar surface area (TPSA) is 272 Å². The summed E-state index contributed by atoms with van der Waals surface area (Å²) in [6.45, 7) is 1.04. The summed E-state index contributed by atoms with van der Waals surface area (Å²) in [5.41, 5.74) is 5.85. The summed E-state index contributed by atoms with van der Waals surface area (Å²) in [5, 5.41) is 22.9. The number of nitrogens with one attached hydrogen (secondary N) is 5. The third-order valence-corrected chi connectivity index (χ3v) is 12.3. The third-order valence-electron chi connectivity index (χ3n) is 12.3. The molecule has 8 N–H and O–H groups in total. The fraction of sp³-hybridized carbons (Fsp3) is 0.353. The predicted molar refractivity (Wildman–Crippen MR) is 252 cm³/mol. The van der Waals surface area contributed by atoms with Crippen LogP contribution in [0.15, 0.2) is 109 Å². The molecule has 4 aromatic carbocycles. The number of carbonyl (C=O) groups is 9. The van der Waals surface area contributed by atoms with E-state index in [-0.39, 0.29) is 43.0 Å². The molecule has 0 aromatic heterocycles. The fourth-order valence-corrected chi connectivity index (χ4v) is 8.72. The summed E-state index contributed by atoms with van der Waals surface area (Å²) in [5.74, 6) is -7.49. The molecule has 1 saturated heterocycles. The van der Waals surface area contributed by atoms with Crippen molar-refractivity contribution in [3.8, 4) is 11.5 Å². The van der Waals surface area contributed by atoms with Gasteiger partial charge in [0.1, 0.15) is 29.6 Å². The molecule has 1 heterocycles. The number of benzene rings is 4. The number of aromatic carboxylic acids is 1. The normalized spacial score (nSPS) is 17.0. The van der Waals surface area contributed by atoms with Crippen molar-refractivity contribution in [2.45, 2.75) is 82.5 Å². The van der Waals surface area contributed by atoms with Crippen LogP contribution in [0.5, 0.6) is 11.5 Å². The summed E-state index contributed by atoms with van der Waals surface area (Å²) in [6.07, 6.45) is 4.00. The Morgan fingerprint density at radius 2 is 1.35 bits per heavy atom. The monoisotopic (exact) mass is 943 g/mol. The fourth-order valence-electron chi connectivity index (χ4n) is 8.72. The second kappa shape index (κ2) is 24.2. The van der Waals surface area contributed by atoms with Gasteiger partial charge in [-0.2, -0.15) is 0 Å². The highest BCUT2D eigenvalue weighted by atomic mass is 16.5. The molecular formula is C51H57N7O11. The molecule has 1 aliphatic carbocycles. The molecular weight excluding hydrogens is 887 g/mol. The van der Waals surface area contributed by atoms with Crippen LogP contribution in [0.2, 0.25) is 0 Å². The third kappa shape index (κ3) is 13.6. The molecule has 7 amide bonds. The number of primary amides is 1. The largest absolute Gasteiger partial charge is 0.478 e. The summed E-state index contributed by atoms with van der Waals surface area (Å²) in [7, 11) is 0. The van der Waals surface area contributed by atoms with Gasteiger partial charge in [-0.25, -0.2) is 4.79 Å². The van der Waals surface area contributed by atoms with Crippen molar-refractivity contribution in [1.29, 1.82) is 0 Å². The molecule has 4 aromatic rings. The minimum atomic E-state index is -1.38. The minimum absolute atomic E-state index is 0.0149. The van der Waals surface area contributed by atoms with Crippen LogP contribution in [0.25, 0.3) is 0 Å². The van der Waals surface area contributed by atoms with Crippen LogP contribution in [-0.2, 0) is 28.8 Å². The van der Waals surface area contributed by atoms with Gasteiger partial charge in [0.25, 0.3) is 17.7 Å². The van der Waals surface area contributed by atoms with E-state index in [9.17, 15) is 48.3 Å². The lowest BCUT2D eigenvalue weighted by Gasteiger charge is -2.35. The Morgan fingerprint density at radius 3 is 1.99 bits per heavy atom. The number of carboxylic acid groups (broad SMARTS) is 1. The van der Waals surface area contributed by atoms with Gasteiger partial charge in [-0.05, 0) is 91.6 Å². The second-order valence-corrected chi connectivity index (χ2v) is 17.2. The molecule has 362 valence electrons. The summed E-state index contributed by atoms with van der Waals surface area (Å²) in [6, 6.07) is 24.5. The number of ketones is 1. The molecule has 6 rings (SSSR count). The molecule has 3 unspecified atom stereocenters. The maximum absolute atomic E-state index is 14.9. The SMILES string of the molecule is CCCC(NC(=O)C1C[C@@H](CNC(=O)c2ccc(Oc3ccccc3)cc2)CN1C(=O)[C@@H](NC(=O)c1ccccc1C(=O)O)C1CCCCC1)C(=O)C(=O)NCC(=O)NC(C(N)=O)c1ccccc1. The summed E-state index contributed by atoms with van der Waals surface area (Å²) >= 11 is 0. The van der Waals surface area contributed by atoms with Crippen LogP contribution < -0.4 is 37.1 Å². The van der Waals surface area contributed by atoms with E-state index in [0.29, 0.717) is 41.9 Å². The molecule has 0 bridgehead atoms. The van der Waals surface area contributed by atoms with Crippen molar-refractivity contribution in [3.05, 3.63) is 131 Å². The van der Waals surface area contributed by atoms with Gasteiger partial charge in [-0.15, -0.1) is 0 Å². The Labute approximate surface area is 399 Å². The molecule has 1 saturated carbocycles. The number of carboxylic acids is 1. The van der Waals surface area contributed by atoms with Crippen molar-refractivity contribution < 1.29 is 53.0 Å². The maximum Gasteiger partial charge on any atom is 0.336 e. The number of rotatable bonds is 21. The Hall–Kier alpha value is -7.89. The van der Waals surface area contributed by atoms with E-state index in [0.717, 1.165) is 19.3 Å². The standard InChI is InChI=1S/C51H57N7O11/c1-2-14-39(44(60)49(65)54-29-41(59)56-42(45(52)61)32-15-6-3-7-16-32)55-48(64)40-27-31(28-53-46(62)34-23-25-36(26-24-34)69-35-19-10-5-11-20-35)30-58(40)50(66)43(33-17-8-4-9-18-33)57-47(63)37-21-12-13-22-38(37)51(67)68/h3,5-7,10-13,15-16,19-26,31,33,39-40,42-43H,2,4,8-9,14,17-18,27-30H2,1H3,(H2,52,61)(H,53,62)(H,54,65)(H,55,64)(H,56,59)(H,57,63)(H,67,68)/t31-,39?,40?,42?,43-/m0/s1. The van der Waals surface area contributed by atoms with Crippen LogP contribution in [0.3, 0.4) is 0 Å². The molecule has 0 radical (unpaired) electrons. The first-order valence-corrected chi connectivity index (χ1v) is 23.0. The summed E-state index contributed by atoms with van der Waals surface area (Å²) in [4.78, 5) is 122. The van der Waals surface area contributed by atoms with Crippen molar-refractivity contribution in [3.63, 3.8) is 0 Å². The van der Waals surface area contributed by atoms with Gasteiger partial charge in [0.05, 0.1) is 23.7 Å². The van der Waals surface area contributed by atoms with Gasteiger partial charge < -0.3 is 47.1 Å². The molecule has 2 aliphatic rings. The first kappa shape index (κ1) is 50.5. The quantitative estimate of drug-likeness (QED) is 0.0590. The van der Waals surface area contributed by atoms with Crippen LogP contribution >= 0.6 is 0 Å². The molecule has 69 heavy (non-hydrogen) atoms. The van der Waals surface area contributed by atoms with E-state index in [4.69, 9.17) is 10.5 Å². The highest BCUT2D eigenvalue weighted by Crippen LogP contribution is 2.31. The minimum Gasteiger partial charge on any atom is -0.478 e. The molecule has 0 spiro atoms. The van der Waals surface area contributed by atoms with Gasteiger partial charge in [0, 0.05) is 18.7 Å². The van der Waals surface area contributed by atoms with Crippen LogP contribution in [0.1, 0.15) is 101 Å². The number of carbonyl (C=O) groups excluding carboxylic acids is 8. The van der Waals surface area contributed by atoms with Crippen LogP contribution in [0.4, 0.5) is 0 Å². The Balaban J connectivity index is 1.19. The highest BCUT2D eigenvalue weighted by molar-refractivity contribution is 6.38. The lowest BCUT2D eigenvalue weighted by atomic mass is 9.83. The van der Waals surface area contributed by atoms with E-state index in [2.05, 4.69) is 26.6 Å². The number of hydrogen-bond donors (Lipinski definition) is 7. The van der Waals surface area contributed by atoms with E-state index < -0.39 is 89.7 Å². The van der Waals surface area contributed by atoms with Crippen molar-refractivity contribution in [2.24, 2.45) is 17.6 Å². The number of likely N-dealkylation sites (tertiary alicyclic amines) is 1. The number of hydrogen-bond acceptors (Lipinski definition) is 10. The number of amides is 7. The Bertz CT molecular complexity index is 2500. The van der Waals surface area contributed by atoms with Gasteiger partial charge >= 0.3 is 5.97 Å². The highest BCUT2D eigenvalue weighted by Gasteiger charge is 2.45. The van der Waals surface area contributed by atoms with E-state index in [1.807, 2.05) is 18.2 Å². The number of ether oxygens (including phenoxy) is 1. The van der Waals surface area contributed by atoms with Gasteiger partial charge in [-0.1, -0.05) is 93.3 Å². The molecule has 18 nitrogen and oxygen atoms in total. The zero-order valence-electron chi connectivity index (χ0n) is 38.2. The average Bonchev–Trinajstić information content (AvgIpc) is 3.80. The zero-order chi connectivity index (χ0) is 49.5. The predicted octanol–water partition coefficient (Wildman–Crippen LogP) is 3.82. The lowest BCUT2D eigenvalue weighted by molar-refractivity contribution is -0.143. The van der Waals surface area contributed by atoms with Crippen molar-refractivity contribution in [2.75, 3.05) is 19.6 Å². The van der Waals surface area contributed by atoms with Gasteiger partial charge in [-0.3, -0.25) is 38.4 Å². The first-order valence-electron chi connectivity index (χ1n) is 23.0. The van der Waals surface area contributed by atoms with Crippen LogP contribution in [0, 0.1) is 11.8 Å². The van der Waals surface area contributed by atoms with Crippen molar-refractivity contribution >= 4 is 53.1 Å². The molecule has 18 heteroatoms. The van der Waals surface area contributed by atoms with Gasteiger partial charge in [0.15, 0.2) is 0 Å². The smallest absolute Gasteiger partial charge is 0.336 e. The molecule has 2 fully saturated rings. The van der Waals surface area contributed by atoms with Crippen LogP contribution in [-0.4, -0.2) is 101 Å². The number of para-hydroxylation sites is 1. The van der Waals surface area contributed by atoms with E-state index in [1.165, 1.54) is 29.2 Å². The maximum atomic E-state index is 14.9. The molecule has 5 atom stereocenters. The second-order valence-electron chi connectivity index (χ2n) is 17.2. The van der Waals surface area contributed by atoms with Gasteiger partial charge in [0.2, 0.25) is 29.4 Å². The van der Waals surface area contributed by atoms with E-state index >= 15 is 0 Å². The van der Waals surface area contributed by atoms with Crippen molar-refractivity contribution in [1.82, 2.24) is 31.5 Å². The Kier molecular flexibility index (Phi) is 17.7. The Morgan fingerprint density at radius 1 is 0.725 bits per heavy atom. The zero-order valence-corrected chi connectivity index (χ0v) is 38.2.